The van der Waals surface area contributed by atoms with Gasteiger partial charge >= 0.3 is 6.18 Å². The Kier molecular flexibility index (Phi) is 5.01. The fourth-order valence-electron chi connectivity index (χ4n) is 3.80. The second-order valence-corrected chi connectivity index (χ2v) is 7.62. The summed E-state index contributed by atoms with van der Waals surface area (Å²) in [6, 6.07) is 6.25. The third-order valence-electron chi connectivity index (χ3n) is 5.53. The monoisotopic (exact) mass is 419 g/mol. The summed E-state index contributed by atoms with van der Waals surface area (Å²) in [7, 11) is 0. The molecular weight excluding hydrogens is 399 g/mol. The van der Waals surface area contributed by atoms with Crippen LogP contribution in [0.1, 0.15) is 35.0 Å². The van der Waals surface area contributed by atoms with E-state index >= 15 is 0 Å². The fourth-order valence-corrected chi connectivity index (χ4v) is 3.80. The number of aliphatic hydroxyl groups excluding tert-OH is 1. The van der Waals surface area contributed by atoms with Crippen molar-refractivity contribution in [2.45, 2.75) is 32.5 Å². The van der Waals surface area contributed by atoms with Gasteiger partial charge in [0.1, 0.15) is 0 Å². The van der Waals surface area contributed by atoms with Crippen molar-refractivity contribution < 1.29 is 27.6 Å². The first kappa shape index (κ1) is 20.3. The van der Waals surface area contributed by atoms with Crippen molar-refractivity contribution in [2.24, 2.45) is 5.92 Å². The van der Waals surface area contributed by atoms with Crippen molar-refractivity contribution in [3.63, 3.8) is 0 Å². The average Bonchev–Trinajstić information content (AvgIpc) is 3.34. The minimum absolute atomic E-state index is 0.0159. The summed E-state index contributed by atoms with van der Waals surface area (Å²) in [4.78, 5) is 19.2. The molecule has 0 aliphatic carbocycles. The number of carbonyl (C=O) groups is 1. The number of hydrogen-bond donors (Lipinski definition) is 1. The zero-order valence-corrected chi connectivity index (χ0v) is 16.4. The second kappa shape index (κ2) is 7.39. The quantitative estimate of drug-likeness (QED) is 0.693. The SMILES string of the molecule is Cc1noc2nc(-c3cccc(C(F)(F)F)c3)cc(C(=O)N3CCC(C(C)O)C3)c12. The maximum atomic E-state index is 13.3. The Morgan fingerprint density at radius 2 is 2.10 bits per heavy atom. The third kappa shape index (κ3) is 3.65. The summed E-state index contributed by atoms with van der Waals surface area (Å²) in [5.41, 5.74) is 0.456. The molecule has 0 spiro atoms. The van der Waals surface area contributed by atoms with Crippen molar-refractivity contribution in [3.05, 3.63) is 47.2 Å². The standard InChI is InChI=1S/C21H20F3N3O3/c1-11-18-16(20(29)27-7-6-14(10-27)12(2)28)9-17(25-19(18)30-26-11)13-4-3-5-15(8-13)21(22,23)24/h3-5,8-9,12,14,28H,6-7,10H2,1-2H3. The number of pyridine rings is 1. The predicted molar refractivity (Wildman–Crippen MR) is 103 cm³/mol. The number of benzene rings is 1. The van der Waals surface area contributed by atoms with E-state index in [1.54, 1.807) is 18.7 Å². The lowest BCUT2D eigenvalue weighted by atomic mass is 10.0. The number of likely N-dealkylation sites (tertiary alicyclic amines) is 1. The van der Waals surface area contributed by atoms with Gasteiger partial charge in [-0.05, 0) is 38.5 Å². The van der Waals surface area contributed by atoms with Crippen LogP contribution in [0.5, 0.6) is 0 Å². The topological polar surface area (TPSA) is 79.5 Å². The molecule has 0 radical (unpaired) electrons. The van der Waals surface area contributed by atoms with Crippen LogP contribution in [0.2, 0.25) is 0 Å². The molecule has 2 unspecified atom stereocenters. The number of aliphatic hydroxyl groups is 1. The van der Waals surface area contributed by atoms with Crippen LogP contribution in [-0.2, 0) is 6.18 Å². The number of hydrogen-bond acceptors (Lipinski definition) is 5. The Morgan fingerprint density at radius 3 is 2.77 bits per heavy atom. The first-order valence-electron chi connectivity index (χ1n) is 9.57. The summed E-state index contributed by atoms with van der Waals surface area (Å²) in [6.45, 7) is 4.26. The molecule has 30 heavy (non-hydrogen) atoms. The van der Waals surface area contributed by atoms with Gasteiger partial charge in [0.25, 0.3) is 11.6 Å². The van der Waals surface area contributed by atoms with Crippen LogP contribution in [0.25, 0.3) is 22.4 Å². The van der Waals surface area contributed by atoms with Crippen LogP contribution >= 0.6 is 0 Å². The lowest BCUT2D eigenvalue weighted by Gasteiger charge is -2.18. The second-order valence-electron chi connectivity index (χ2n) is 7.62. The van der Waals surface area contributed by atoms with Gasteiger partial charge in [-0.15, -0.1) is 0 Å². The number of halogens is 3. The highest BCUT2D eigenvalue weighted by Crippen LogP contribution is 2.34. The molecule has 2 atom stereocenters. The molecule has 158 valence electrons. The highest BCUT2D eigenvalue weighted by atomic mass is 19.4. The Hall–Kier alpha value is -2.94. The largest absolute Gasteiger partial charge is 0.416 e. The van der Waals surface area contributed by atoms with Crippen molar-refractivity contribution >= 4 is 17.0 Å². The van der Waals surface area contributed by atoms with Gasteiger partial charge in [0.15, 0.2) is 0 Å². The molecule has 1 aliphatic rings. The zero-order chi connectivity index (χ0) is 21.6. The van der Waals surface area contributed by atoms with Crippen molar-refractivity contribution in [1.29, 1.82) is 0 Å². The number of amides is 1. The smallest absolute Gasteiger partial charge is 0.393 e. The van der Waals surface area contributed by atoms with Gasteiger partial charge < -0.3 is 14.5 Å². The average molecular weight is 419 g/mol. The summed E-state index contributed by atoms with van der Waals surface area (Å²) < 4.78 is 44.6. The van der Waals surface area contributed by atoms with Crippen molar-refractivity contribution in [1.82, 2.24) is 15.0 Å². The van der Waals surface area contributed by atoms with E-state index in [9.17, 15) is 23.1 Å². The lowest BCUT2D eigenvalue weighted by molar-refractivity contribution is -0.137. The van der Waals surface area contributed by atoms with E-state index < -0.39 is 17.8 Å². The zero-order valence-electron chi connectivity index (χ0n) is 16.4. The third-order valence-corrected chi connectivity index (χ3v) is 5.53. The van der Waals surface area contributed by atoms with E-state index in [1.807, 2.05) is 0 Å². The van der Waals surface area contributed by atoms with Crippen LogP contribution in [-0.4, -0.2) is 45.2 Å². The molecule has 1 amide bonds. The first-order chi connectivity index (χ1) is 14.1. The lowest BCUT2D eigenvalue weighted by Crippen LogP contribution is -2.30. The van der Waals surface area contributed by atoms with Gasteiger partial charge in [0.05, 0.1) is 34.0 Å². The molecule has 1 saturated heterocycles. The normalized spacial score (nSPS) is 18.2. The Balaban J connectivity index is 1.79. The molecule has 9 heteroatoms. The molecule has 6 nitrogen and oxygen atoms in total. The van der Waals surface area contributed by atoms with Crippen LogP contribution < -0.4 is 0 Å². The van der Waals surface area contributed by atoms with Gasteiger partial charge in [0, 0.05) is 24.6 Å². The molecule has 1 fully saturated rings. The summed E-state index contributed by atoms with van der Waals surface area (Å²) in [5, 5.41) is 14.1. The van der Waals surface area contributed by atoms with Crippen molar-refractivity contribution in [3.8, 4) is 11.3 Å². The molecule has 4 rings (SSSR count). The maximum absolute atomic E-state index is 13.3. The number of carbonyl (C=O) groups excluding carboxylic acids is 1. The van der Waals surface area contributed by atoms with Crippen LogP contribution in [0.3, 0.4) is 0 Å². The Labute approximate surface area is 170 Å². The molecule has 0 saturated carbocycles. The maximum Gasteiger partial charge on any atom is 0.416 e. The van der Waals surface area contributed by atoms with Gasteiger partial charge in [0.2, 0.25) is 0 Å². The fraction of sp³-hybridized carbons (Fsp3) is 0.381. The molecular formula is C21H20F3N3O3. The number of aryl methyl sites for hydroxylation is 1. The molecule has 3 aromatic rings. The van der Waals surface area contributed by atoms with E-state index in [0.717, 1.165) is 12.1 Å². The Bertz CT molecular complexity index is 1110. The summed E-state index contributed by atoms with van der Waals surface area (Å²) in [6.07, 6.45) is -4.34. The first-order valence-corrected chi connectivity index (χ1v) is 9.57. The number of alkyl halides is 3. The summed E-state index contributed by atoms with van der Waals surface area (Å²) in [5.74, 6) is -0.303. The van der Waals surface area contributed by atoms with E-state index in [4.69, 9.17) is 4.52 Å². The Morgan fingerprint density at radius 1 is 1.33 bits per heavy atom. The summed E-state index contributed by atoms with van der Waals surface area (Å²) >= 11 is 0. The predicted octanol–water partition coefficient (Wildman–Crippen LogP) is 4.06. The number of nitrogens with zero attached hydrogens (tertiary/aromatic N) is 3. The minimum atomic E-state index is -4.49. The molecule has 0 bridgehead atoms. The van der Waals surface area contributed by atoms with Gasteiger partial charge in [-0.3, -0.25) is 4.79 Å². The molecule has 1 N–H and O–H groups in total. The van der Waals surface area contributed by atoms with Gasteiger partial charge in [-0.1, -0.05) is 17.3 Å². The van der Waals surface area contributed by atoms with Crippen LogP contribution in [0.15, 0.2) is 34.9 Å². The van der Waals surface area contributed by atoms with E-state index in [1.165, 1.54) is 18.2 Å². The molecule has 1 aromatic carbocycles. The van der Waals surface area contributed by atoms with E-state index in [-0.39, 0.29) is 34.4 Å². The number of aromatic nitrogens is 2. The highest BCUT2D eigenvalue weighted by molar-refractivity contribution is 6.07. The van der Waals surface area contributed by atoms with Gasteiger partial charge in [-0.2, -0.15) is 13.2 Å². The number of fused-ring (bicyclic) bond motifs is 1. The van der Waals surface area contributed by atoms with E-state index in [2.05, 4.69) is 10.1 Å². The molecule has 1 aliphatic heterocycles. The van der Waals surface area contributed by atoms with Crippen LogP contribution in [0, 0.1) is 12.8 Å². The van der Waals surface area contributed by atoms with Crippen molar-refractivity contribution in [2.75, 3.05) is 13.1 Å². The van der Waals surface area contributed by atoms with E-state index in [0.29, 0.717) is 30.6 Å². The van der Waals surface area contributed by atoms with Crippen LogP contribution in [0.4, 0.5) is 13.2 Å². The van der Waals surface area contributed by atoms with Gasteiger partial charge in [-0.25, -0.2) is 4.98 Å². The number of rotatable bonds is 3. The molecule has 3 heterocycles. The molecule has 2 aromatic heterocycles. The minimum Gasteiger partial charge on any atom is -0.393 e. The highest BCUT2D eigenvalue weighted by Gasteiger charge is 2.33.